The molecule has 0 aliphatic carbocycles. The molecule has 0 bridgehead atoms. The molecule has 5 rings (SSSR count). The molecule has 0 N–H and O–H groups in total. The van der Waals surface area contributed by atoms with Gasteiger partial charge in [-0.3, -0.25) is 8.78 Å². The first-order valence-electron chi connectivity index (χ1n) is 10.6. The molecule has 3 heterocycles. The molecular formula is C23H21Cl2N5O4S. The Morgan fingerprint density at radius 2 is 2.03 bits per heavy atom. The molecule has 0 radical (unpaired) electrons. The number of nitrogens with zero attached hydrogens (tertiary/aromatic N) is 5. The van der Waals surface area contributed by atoms with Crippen molar-refractivity contribution in [2.75, 3.05) is 19.5 Å². The van der Waals surface area contributed by atoms with Gasteiger partial charge >= 0.3 is 0 Å². The molecule has 1 unspecified atom stereocenters. The fourth-order valence-electron chi connectivity index (χ4n) is 3.86. The van der Waals surface area contributed by atoms with Gasteiger partial charge < -0.3 is 18.8 Å². The summed E-state index contributed by atoms with van der Waals surface area (Å²) in [5, 5.41) is 9.11. The first-order chi connectivity index (χ1) is 16.9. The zero-order valence-corrected chi connectivity index (χ0v) is 20.9. The number of hydrogen-bond acceptors (Lipinski definition) is 7. The SMILES string of the molecule is CS(=O)c1nncn1-c1ccc(OC[C@@H]2CO[C@@](Cn3ccnc3)(c3ccc(Cl)cc3Cl)O2)cc1. The minimum atomic E-state index is -1.25. The van der Waals surface area contributed by atoms with Crippen molar-refractivity contribution < 1.29 is 18.4 Å². The maximum absolute atomic E-state index is 11.8. The van der Waals surface area contributed by atoms with Gasteiger partial charge in [-0.05, 0) is 36.4 Å². The molecule has 35 heavy (non-hydrogen) atoms. The molecule has 2 aromatic carbocycles. The van der Waals surface area contributed by atoms with Crippen LogP contribution in [0, 0.1) is 0 Å². The van der Waals surface area contributed by atoms with Gasteiger partial charge in [0.2, 0.25) is 10.9 Å². The molecule has 4 aromatic rings. The van der Waals surface area contributed by atoms with Gasteiger partial charge in [0.15, 0.2) is 0 Å². The molecule has 9 nitrogen and oxygen atoms in total. The Morgan fingerprint density at radius 1 is 1.20 bits per heavy atom. The van der Waals surface area contributed by atoms with Crippen molar-refractivity contribution in [1.29, 1.82) is 0 Å². The van der Waals surface area contributed by atoms with E-state index in [2.05, 4.69) is 15.2 Å². The molecule has 0 spiro atoms. The third-order valence-corrected chi connectivity index (χ3v) is 6.82. The molecule has 1 saturated heterocycles. The Bertz CT molecular complexity index is 1330. The number of ether oxygens (including phenoxy) is 3. The van der Waals surface area contributed by atoms with E-state index in [1.165, 1.54) is 6.33 Å². The Kier molecular flexibility index (Phi) is 6.90. The van der Waals surface area contributed by atoms with Crippen molar-refractivity contribution in [1.82, 2.24) is 24.3 Å². The van der Waals surface area contributed by atoms with Crippen molar-refractivity contribution >= 4 is 34.0 Å². The number of halogens is 2. The summed E-state index contributed by atoms with van der Waals surface area (Å²) < 4.78 is 33.9. The maximum atomic E-state index is 11.8. The highest BCUT2D eigenvalue weighted by molar-refractivity contribution is 7.84. The van der Waals surface area contributed by atoms with Crippen LogP contribution in [-0.4, -0.2) is 54.1 Å². The Balaban J connectivity index is 1.29. The van der Waals surface area contributed by atoms with Crippen LogP contribution in [0.4, 0.5) is 0 Å². The standard InChI is InChI=1S/C23H21Cl2N5O4S/c1-35(31)22-28-27-15-30(22)17-3-5-18(6-4-17)32-11-19-12-33-23(34-19,13-29-9-8-26-14-29)20-7-2-16(24)10-21(20)25/h2-10,14-15,19H,11-13H2,1H3/t19-,23-,35?/m1/s1. The van der Waals surface area contributed by atoms with Crippen molar-refractivity contribution in [3.8, 4) is 11.4 Å². The molecular weight excluding hydrogens is 513 g/mol. The predicted octanol–water partition coefficient (Wildman–Crippen LogP) is 3.86. The summed E-state index contributed by atoms with van der Waals surface area (Å²) in [5.74, 6) is -0.456. The fraction of sp³-hybridized carbons (Fsp3) is 0.261. The average Bonchev–Trinajstić information content (AvgIpc) is 3.60. The first kappa shape index (κ1) is 24.0. The van der Waals surface area contributed by atoms with Gasteiger partial charge in [0, 0.05) is 34.9 Å². The van der Waals surface area contributed by atoms with Crippen LogP contribution in [0.2, 0.25) is 10.0 Å². The number of hydrogen-bond donors (Lipinski definition) is 0. The van der Waals surface area contributed by atoms with Gasteiger partial charge in [0.25, 0.3) is 0 Å². The third-order valence-electron chi connectivity index (χ3n) is 5.48. The van der Waals surface area contributed by atoms with E-state index in [1.807, 2.05) is 41.1 Å². The minimum absolute atomic E-state index is 0.271. The minimum Gasteiger partial charge on any atom is -0.491 e. The monoisotopic (exact) mass is 533 g/mol. The molecule has 3 atom stereocenters. The zero-order valence-electron chi connectivity index (χ0n) is 18.6. The van der Waals surface area contributed by atoms with E-state index in [1.54, 1.807) is 35.5 Å². The maximum Gasteiger partial charge on any atom is 0.225 e. The topological polar surface area (TPSA) is 93.3 Å². The summed E-state index contributed by atoms with van der Waals surface area (Å²) in [7, 11) is -1.25. The van der Waals surface area contributed by atoms with E-state index in [0.717, 1.165) is 5.69 Å². The molecule has 12 heteroatoms. The highest BCUT2D eigenvalue weighted by atomic mass is 35.5. The predicted molar refractivity (Wildman–Crippen MR) is 130 cm³/mol. The van der Waals surface area contributed by atoms with Gasteiger partial charge in [0.05, 0.1) is 35.3 Å². The highest BCUT2D eigenvalue weighted by Gasteiger charge is 2.45. The average molecular weight is 534 g/mol. The van der Waals surface area contributed by atoms with Crippen LogP contribution in [0.1, 0.15) is 5.56 Å². The van der Waals surface area contributed by atoms with Gasteiger partial charge in [-0.25, -0.2) is 4.98 Å². The molecule has 1 aliphatic rings. The van der Waals surface area contributed by atoms with Crippen molar-refractivity contribution in [3.63, 3.8) is 0 Å². The summed E-state index contributed by atoms with van der Waals surface area (Å²) in [6, 6.07) is 12.6. The van der Waals surface area contributed by atoms with Crippen LogP contribution in [0.5, 0.6) is 5.75 Å². The van der Waals surface area contributed by atoms with Gasteiger partial charge in [0.1, 0.15) is 24.8 Å². The van der Waals surface area contributed by atoms with Crippen LogP contribution in [0.15, 0.2) is 72.7 Å². The first-order valence-corrected chi connectivity index (χ1v) is 12.9. The summed E-state index contributed by atoms with van der Waals surface area (Å²) in [6.07, 6.45) is 7.97. The van der Waals surface area contributed by atoms with Crippen LogP contribution in [0.25, 0.3) is 5.69 Å². The second-order valence-electron chi connectivity index (χ2n) is 7.91. The van der Waals surface area contributed by atoms with Gasteiger partial charge in [-0.1, -0.05) is 29.3 Å². The Morgan fingerprint density at radius 3 is 2.74 bits per heavy atom. The Labute approximate surface area is 214 Å². The smallest absolute Gasteiger partial charge is 0.225 e. The Hall–Kier alpha value is -2.76. The summed E-state index contributed by atoms with van der Waals surface area (Å²) in [4.78, 5) is 4.11. The lowest BCUT2D eigenvalue weighted by molar-refractivity contribution is -0.189. The number of benzene rings is 2. The van der Waals surface area contributed by atoms with E-state index in [9.17, 15) is 4.21 Å². The van der Waals surface area contributed by atoms with E-state index in [0.29, 0.717) is 39.7 Å². The van der Waals surface area contributed by atoms with Crippen molar-refractivity contribution in [3.05, 3.63) is 83.1 Å². The van der Waals surface area contributed by atoms with Crippen LogP contribution in [0.3, 0.4) is 0 Å². The van der Waals surface area contributed by atoms with Crippen LogP contribution < -0.4 is 4.74 Å². The lowest BCUT2D eigenvalue weighted by atomic mass is 10.1. The highest BCUT2D eigenvalue weighted by Crippen LogP contribution is 2.40. The van der Waals surface area contributed by atoms with E-state index in [-0.39, 0.29) is 12.7 Å². The fourth-order valence-corrected chi connectivity index (χ4v) is 5.01. The second-order valence-corrected chi connectivity index (χ2v) is 10.0. The molecule has 2 aromatic heterocycles. The third kappa shape index (κ3) is 5.12. The van der Waals surface area contributed by atoms with E-state index in [4.69, 9.17) is 37.4 Å². The molecule has 182 valence electrons. The van der Waals surface area contributed by atoms with Crippen LogP contribution in [-0.2, 0) is 32.6 Å². The largest absolute Gasteiger partial charge is 0.491 e. The summed E-state index contributed by atoms with van der Waals surface area (Å²) >= 11 is 12.6. The van der Waals surface area contributed by atoms with Crippen molar-refractivity contribution in [2.45, 2.75) is 23.6 Å². The number of imidazole rings is 1. The second kappa shape index (κ2) is 10.1. The van der Waals surface area contributed by atoms with Crippen molar-refractivity contribution in [2.24, 2.45) is 0 Å². The normalized spacial score (nSPS) is 20.7. The lowest BCUT2D eigenvalue weighted by Crippen LogP contribution is -2.34. The van der Waals surface area contributed by atoms with Gasteiger partial charge in [-0.15, -0.1) is 10.2 Å². The van der Waals surface area contributed by atoms with E-state index >= 15 is 0 Å². The van der Waals surface area contributed by atoms with Gasteiger partial charge in [-0.2, -0.15) is 0 Å². The molecule has 1 aliphatic heterocycles. The number of aromatic nitrogens is 5. The number of rotatable bonds is 8. The quantitative estimate of drug-likeness (QED) is 0.339. The lowest BCUT2D eigenvalue weighted by Gasteiger charge is -2.30. The molecule has 0 amide bonds. The molecule has 1 fully saturated rings. The zero-order chi connectivity index (χ0) is 24.4. The summed E-state index contributed by atoms with van der Waals surface area (Å²) in [6.45, 7) is 0.949. The van der Waals surface area contributed by atoms with E-state index < -0.39 is 16.6 Å². The summed E-state index contributed by atoms with van der Waals surface area (Å²) in [5.41, 5.74) is 1.46. The molecule has 0 saturated carbocycles. The van der Waals surface area contributed by atoms with Crippen LogP contribution >= 0.6 is 23.2 Å².